The number of nitrogens with one attached hydrogen (secondary N) is 1. The molecular weight excluding hydrogens is 647 g/mol. The van der Waals surface area contributed by atoms with E-state index in [1.165, 1.54) is 0 Å². The molecule has 7 atom stereocenters. The van der Waals surface area contributed by atoms with Crippen molar-refractivity contribution in [1.29, 1.82) is 0 Å². The standard InChI is InChI=1S/C30H39F2N2O9PS.2Li/c1-17(2)13-34(45(40,41)23-5-3-22(4-6-23)44(37,38)39)14-28(35)27(9-18-7-20(31)11-21(32)8-18)33-29(36)12-24-19-10-25-26(24)16-43-30(25)42-15-19;;/h3-8,11,17,19,24-28,30,35H,9-10,12-16H2,1-2H3,(H,33,36)(H2,37,38,39);;/q;2*+1/p-2/t19?,24-,25?,26-,27-,28+,30-;;/m0../s1. The Morgan fingerprint density at radius 1 is 1.04 bits per heavy atom. The number of benzene rings is 2. The molecule has 2 aliphatic heterocycles. The SMILES string of the molecule is CC(C)CN(C[C@@H](O)[C@H](Cc1cc(F)cc(F)c1)NC(=O)C[C@H]1C2CO[C@H]3OC[C@@H]1C3C2)S(=O)(=O)c1ccc(P(=O)([O-])[O-])cc1.[Li+].[Li+]. The molecular formula is C30H37F2Li2N2O9PS. The molecule has 0 spiro atoms. The summed E-state index contributed by atoms with van der Waals surface area (Å²) < 4.78 is 79.3. The maximum Gasteiger partial charge on any atom is 1.00 e. The fraction of sp³-hybridized carbons (Fsp3) is 0.567. The van der Waals surface area contributed by atoms with E-state index < -0.39 is 59.2 Å². The van der Waals surface area contributed by atoms with Crippen LogP contribution in [0.4, 0.5) is 8.78 Å². The van der Waals surface area contributed by atoms with E-state index in [9.17, 15) is 41.5 Å². The third-order valence-electron chi connectivity index (χ3n) is 8.92. The molecule has 248 valence electrons. The average Bonchev–Trinajstić information content (AvgIpc) is 3.47. The van der Waals surface area contributed by atoms with Crippen LogP contribution in [-0.2, 0) is 35.3 Å². The number of carbonyl (C=O) groups is 1. The quantitative estimate of drug-likeness (QED) is 0.155. The maximum absolute atomic E-state index is 14.1. The van der Waals surface area contributed by atoms with Gasteiger partial charge in [0.25, 0.3) is 0 Å². The number of fused-ring (bicyclic) bond motifs is 1. The first-order valence-electron chi connectivity index (χ1n) is 14.9. The fourth-order valence-corrected chi connectivity index (χ4v) is 9.00. The summed E-state index contributed by atoms with van der Waals surface area (Å²) in [4.78, 5) is 35.9. The molecule has 2 bridgehead atoms. The van der Waals surface area contributed by atoms with E-state index in [0.717, 1.165) is 47.1 Å². The van der Waals surface area contributed by atoms with Gasteiger partial charge in [-0.15, -0.1) is 0 Å². The monoisotopic (exact) mass is 684 g/mol. The Labute approximate surface area is 297 Å². The minimum absolute atomic E-state index is 0. The number of hydrogen-bond donors (Lipinski definition) is 2. The molecule has 0 aromatic heterocycles. The Kier molecular flexibility index (Phi) is 14.0. The van der Waals surface area contributed by atoms with Crippen molar-refractivity contribution in [2.24, 2.45) is 29.6 Å². The summed E-state index contributed by atoms with van der Waals surface area (Å²) in [6, 6.07) is 5.54. The van der Waals surface area contributed by atoms with Gasteiger partial charge >= 0.3 is 37.7 Å². The van der Waals surface area contributed by atoms with Crippen LogP contribution in [0.5, 0.6) is 0 Å². The Morgan fingerprint density at radius 2 is 1.66 bits per heavy atom. The van der Waals surface area contributed by atoms with Gasteiger partial charge in [0, 0.05) is 31.5 Å². The van der Waals surface area contributed by atoms with Crippen molar-refractivity contribution in [2.75, 3.05) is 26.3 Å². The van der Waals surface area contributed by atoms with E-state index in [1.807, 2.05) is 0 Å². The number of nitrogens with zero attached hydrogens (tertiary/aromatic N) is 1. The largest absolute Gasteiger partial charge is 1.00 e. The van der Waals surface area contributed by atoms with E-state index in [4.69, 9.17) is 9.47 Å². The third-order valence-corrected chi connectivity index (χ3v) is 11.7. The second-order valence-corrected chi connectivity index (χ2v) is 16.1. The molecule has 2 unspecified atom stereocenters. The molecule has 3 fully saturated rings. The van der Waals surface area contributed by atoms with Gasteiger partial charge in [-0.05, 0) is 79.2 Å². The molecule has 2 aromatic carbocycles. The van der Waals surface area contributed by atoms with Gasteiger partial charge in [-0.3, -0.25) is 4.79 Å². The van der Waals surface area contributed by atoms with E-state index in [-0.39, 0.29) is 103 Å². The van der Waals surface area contributed by atoms with Crippen molar-refractivity contribution in [3.05, 3.63) is 59.7 Å². The summed E-state index contributed by atoms with van der Waals surface area (Å²) in [5.41, 5.74) is 0.155. The Balaban J connectivity index is 0.00000300. The van der Waals surface area contributed by atoms with E-state index in [2.05, 4.69) is 5.32 Å². The zero-order valence-electron chi connectivity index (χ0n) is 26.9. The van der Waals surface area contributed by atoms with Crippen molar-refractivity contribution in [1.82, 2.24) is 9.62 Å². The summed E-state index contributed by atoms with van der Waals surface area (Å²) in [5.74, 6) is -1.74. The van der Waals surface area contributed by atoms with Gasteiger partial charge in [-0.25, -0.2) is 17.2 Å². The van der Waals surface area contributed by atoms with E-state index >= 15 is 0 Å². The number of aliphatic hydroxyl groups excluding tert-OH is 1. The number of halogens is 2. The second-order valence-electron chi connectivity index (χ2n) is 12.7. The topological polar surface area (TPSA) is 168 Å². The molecule has 2 saturated heterocycles. The number of carbonyl (C=O) groups excluding carboxylic acids is 1. The number of amides is 1. The molecule has 11 nitrogen and oxygen atoms in total. The molecule has 2 heterocycles. The number of ether oxygens (including phenoxy) is 2. The van der Waals surface area contributed by atoms with Crippen LogP contribution in [0, 0.1) is 41.2 Å². The molecule has 2 aromatic rings. The van der Waals surface area contributed by atoms with Crippen molar-refractivity contribution >= 4 is 28.8 Å². The van der Waals surface area contributed by atoms with Crippen LogP contribution in [0.1, 0.15) is 32.3 Å². The van der Waals surface area contributed by atoms with Crippen LogP contribution in [0.15, 0.2) is 47.4 Å². The Hall–Kier alpha value is -1.10. The van der Waals surface area contributed by atoms with Crippen LogP contribution >= 0.6 is 7.60 Å². The summed E-state index contributed by atoms with van der Waals surface area (Å²) in [6.45, 7) is 3.95. The van der Waals surface area contributed by atoms with E-state index in [1.54, 1.807) is 13.8 Å². The molecule has 3 aliphatic rings. The molecule has 1 aliphatic carbocycles. The minimum atomic E-state index is -5.10. The van der Waals surface area contributed by atoms with Gasteiger partial charge in [0.2, 0.25) is 15.9 Å². The van der Waals surface area contributed by atoms with Crippen molar-refractivity contribution < 1.29 is 88.6 Å². The summed E-state index contributed by atoms with van der Waals surface area (Å²) in [5, 5.41) is 13.7. The van der Waals surface area contributed by atoms with Gasteiger partial charge < -0.3 is 34.2 Å². The first-order valence-corrected chi connectivity index (χ1v) is 17.9. The van der Waals surface area contributed by atoms with Gasteiger partial charge in [0.15, 0.2) is 6.29 Å². The molecule has 17 heteroatoms. The maximum atomic E-state index is 14.1. The van der Waals surface area contributed by atoms with Gasteiger partial charge in [0.1, 0.15) is 11.6 Å². The fourth-order valence-electron chi connectivity index (χ4n) is 6.87. The van der Waals surface area contributed by atoms with Crippen LogP contribution < -0.4 is 58.1 Å². The van der Waals surface area contributed by atoms with Crippen molar-refractivity contribution in [2.45, 2.75) is 56.4 Å². The van der Waals surface area contributed by atoms with Gasteiger partial charge in [-0.2, -0.15) is 4.31 Å². The number of sulfonamides is 1. The number of hydrogen-bond acceptors (Lipinski definition) is 9. The van der Waals surface area contributed by atoms with Gasteiger partial charge in [0.05, 0.1) is 30.3 Å². The summed E-state index contributed by atoms with van der Waals surface area (Å²) in [7, 11) is -9.42. The first-order chi connectivity index (χ1) is 21.1. The minimum Gasteiger partial charge on any atom is -0.807 e. The third kappa shape index (κ3) is 9.58. The molecule has 5 rings (SSSR count). The van der Waals surface area contributed by atoms with Crippen molar-refractivity contribution in [3.8, 4) is 0 Å². The van der Waals surface area contributed by atoms with Crippen LogP contribution in [0.3, 0.4) is 0 Å². The zero-order chi connectivity index (χ0) is 32.7. The zero-order valence-corrected chi connectivity index (χ0v) is 28.6. The molecule has 1 amide bonds. The van der Waals surface area contributed by atoms with Crippen LogP contribution in [-0.4, -0.2) is 68.5 Å². The number of rotatable bonds is 13. The summed E-state index contributed by atoms with van der Waals surface area (Å²) in [6.07, 6.45) is -0.946. The van der Waals surface area contributed by atoms with E-state index in [0.29, 0.717) is 19.3 Å². The smallest absolute Gasteiger partial charge is 0.807 e. The molecule has 47 heavy (non-hydrogen) atoms. The molecule has 1 saturated carbocycles. The van der Waals surface area contributed by atoms with Crippen LogP contribution in [0.2, 0.25) is 0 Å². The predicted octanol–water partition coefficient (Wildman–Crippen LogP) is -5.11. The summed E-state index contributed by atoms with van der Waals surface area (Å²) >= 11 is 0. The second kappa shape index (κ2) is 16.3. The normalized spacial score (nSPS) is 24.8. The van der Waals surface area contributed by atoms with Crippen molar-refractivity contribution in [3.63, 3.8) is 0 Å². The number of aliphatic hydroxyl groups is 1. The first kappa shape index (κ1) is 40.3. The Bertz CT molecular complexity index is 1530. The Morgan fingerprint density at radius 3 is 2.26 bits per heavy atom. The molecule has 0 radical (unpaired) electrons. The molecule has 2 N–H and O–H groups in total. The van der Waals surface area contributed by atoms with Gasteiger partial charge in [-0.1, -0.05) is 26.0 Å². The predicted molar refractivity (Wildman–Crippen MR) is 154 cm³/mol. The van der Waals surface area contributed by atoms with Crippen LogP contribution in [0.25, 0.3) is 0 Å². The average molecular weight is 685 g/mol.